The average molecular weight is 296 g/mol. The molecule has 1 saturated carbocycles. The number of ether oxygens (including phenoxy) is 1. The molecule has 1 aliphatic rings. The van der Waals surface area contributed by atoms with Crippen molar-refractivity contribution in [1.29, 1.82) is 0 Å². The van der Waals surface area contributed by atoms with Gasteiger partial charge in [-0.3, -0.25) is 0 Å². The van der Waals surface area contributed by atoms with Gasteiger partial charge in [0.2, 0.25) is 11.7 Å². The minimum absolute atomic E-state index is 0.353. The third-order valence-electron chi connectivity index (χ3n) is 4.71. The summed E-state index contributed by atoms with van der Waals surface area (Å²) in [6.07, 6.45) is 5.70. The van der Waals surface area contributed by atoms with Crippen LogP contribution in [0.2, 0.25) is 0 Å². The monoisotopic (exact) mass is 296 g/mol. The molecule has 2 rings (SSSR count). The molecule has 1 aromatic rings. The molecule has 0 aliphatic heterocycles. The number of methoxy groups -OCH3 is 1. The molecule has 0 spiro atoms. The van der Waals surface area contributed by atoms with Crippen LogP contribution in [-0.2, 0) is 16.8 Å². The third kappa shape index (κ3) is 3.83. The first-order chi connectivity index (χ1) is 9.91. The van der Waals surface area contributed by atoms with E-state index in [1.807, 2.05) is 6.92 Å². The number of rotatable bonds is 6. The highest BCUT2D eigenvalue weighted by Gasteiger charge is 2.43. The summed E-state index contributed by atoms with van der Waals surface area (Å²) < 4.78 is 11.1. The van der Waals surface area contributed by atoms with Crippen LogP contribution in [0.15, 0.2) is 4.52 Å². The first-order valence-electron chi connectivity index (χ1n) is 7.97. The van der Waals surface area contributed by atoms with E-state index in [1.54, 1.807) is 7.11 Å². The molecular formula is C16H28N2O3. The molecule has 0 bridgehead atoms. The Balaban J connectivity index is 2.08. The summed E-state index contributed by atoms with van der Waals surface area (Å²) in [7, 11) is 1.72. The highest BCUT2D eigenvalue weighted by Crippen LogP contribution is 2.46. The summed E-state index contributed by atoms with van der Waals surface area (Å²) in [6.45, 7) is 6.62. The van der Waals surface area contributed by atoms with E-state index in [-0.39, 0.29) is 0 Å². The second-order valence-electron chi connectivity index (χ2n) is 7.02. The van der Waals surface area contributed by atoms with Gasteiger partial charge in [0, 0.05) is 7.11 Å². The van der Waals surface area contributed by atoms with E-state index in [4.69, 9.17) is 9.26 Å². The van der Waals surface area contributed by atoms with Crippen molar-refractivity contribution in [3.8, 4) is 0 Å². The van der Waals surface area contributed by atoms with Crippen molar-refractivity contribution in [2.75, 3.05) is 7.11 Å². The molecule has 0 saturated heterocycles. The lowest BCUT2D eigenvalue weighted by molar-refractivity contribution is -0.0740. The van der Waals surface area contributed by atoms with Crippen LogP contribution < -0.4 is 0 Å². The summed E-state index contributed by atoms with van der Waals surface area (Å²) >= 11 is 0. The molecular weight excluding hydrogens is 268 g/mol. The van der Waals surface area contributed by atoms with Crippen LogP contribution in [0.3, 0.4) is 0 Å². The maximum absolute atomic E-state index is 9.85. The van der Waals surface area contributed by atoms with Gasteiger partial charge in [0.05, 0.1) is 12.5 Å². The van der Waals surface area contributed by atoms with E-state index >= 15 is 0 Å². The van der Waals surface area contributed by atoms with Crippen molar-refractivity contribution < 1.29 is 14.4 Å². The fraction of sp³-hybridized carbons (Fsp3) is 0.875. The molecule has 1 heterocycles. The maximum atomic E-state index is 9.85. The summed E-state index contributed by atoms with van der Waals surface area (Å²) in [4.78, 5) is 4.48. The van der Waals surface area contributed by atoms with E-state index in [9.17, 15) is 5.11 Å². The molecule has 1 unspecified atom stereocenters. The van der Waals surface area contributed by atoms with Crippen molar-refractivity contribution in [2.24, 2.45) is 5.41 Å². The fourth-order valence-corrected chi connectivity index (χ4v) is 3.01. The predicted octanol–water partition coefficient (Wildman–Crippen LogP) is 3.22. The minimum atomic E-state index is -0.424. The van der Waals surface area contributed by atoms with Gasteiger partial charge < -0.3 is 14.4 Å². The summed E-state index contributed by atoms with van der Waals surface area (Å²) in [5.41, 5.74) is -0.0705. The number of aromatic nitrogens is 2. The highest BCUT2D eigenvalue weighted by atomic mass is 16.5. The topological polar surface area (TPSA) is 68.4 Å². The Kier molecular flexibility index (Phi) is 5.04. The van der Waals surface area contributed by atoms with Gasteiger partial charge in [0.25, 0.3) is 0 Å². The molecule has 1 aromatic heterocycles. The number of hydrogen-bond acceptors (Lipinski definition) is 5. The zero-order valence-corrected chi connectivity index (χ0v) is 13.7. The Bertz CT molecular complexity index is 446. The lowest BCUT2D eigenvalue weighted by Gasteiger charge is -2.40. The van der Waals surface area contributed by atoms with Gasteiger partial charge in [-0.15, -0.1) is 0 Å². The van der Waals surface area contributed by atoms with Crippen LogP contribution >= 0.6 is 0 Å². The van der Waals surface area contributed by atoms with Gasteiger partial charge in [-0.1, -0.05) is 32.3 Å². The number of hydrogen-bond donors (Lipinski definition) is 1. The predicted molar refractivity (Wildman–Crippen MR) is 79.9 cm³/mol. The van der Waals surface area contributed by atoms with Crippen molar-refractivity contribution in [3.63, 3.8) is 0 Å². The molecule has 1 fully saturated rings. The number of aliphatic hydroxyl groups is 1. The molecule has 1 aliphatic carbocycles. The number of nitrogens with zero attached hydrogens (tertiary/aromatic N) is 2. The van der Waals surface area contributed by atoms with E-state index in [2.05, 4.69) is 24.0 Å². The lowest BCUT2D eigenvalue weighted by Crippen LogP contribution is -2.37. The average Bonchev–Trinajstić information content (AvgIpc) is 2.89. The van der Waals surface area contributed by atoms with Gasteiger partial charge in [0.1, 0.15) is 5.60 Å². The Morgan fingerprint density at radius 1 is 1.29 bits per heavy atom. The first kappa shape index (κ1) is 16.4. The molecule has 5 nitrogen and oxygen atoms in total. The summed E-state index contributed by atoms with van der Waals surface area (Å²) in [5.74, 6) is 1.14. The summed E-state index contributed by atoms with van der Waals surface area (Å²) in [5, 5.41) is 14.0. The van der Waals surface area contributed by atoms with Gasteiger partial charge in [-0.25, -0.2) is 0 Å². The van der Waals surface area contributed by atoms with Crippen molar-refractivity contribution >= 4 is 0 Å². The van der Waals surface area contributed by atoms with Crippen molar-refractivity contribution in [1.82, 2.24) is 10.1 Å². The Hall–Kier alpha value is -0.940. The second-order valence-corrected chi connectivity index (χ2v) is 7.02. The largest absolute Gasteiger partial charge is 0.393 e. The SMILES string of the molecule is CCCC(O)Cc1nc(C2(OC)CCC(C)(C)CC2)no1. The quantitative estimate of drug-likeness (QED) is 0.873. The summed E-state index contributed by atoms with van der Waals surface area (Å²) in [6, 6.07) is 0. The van der Waals surface area contributed by atoms with E-state index in [0.29, 0.717) is 23.6 Å². The van der Waals surface area contributed by atoms with Crippen LogP contribution in [0.4, 0.5) is 0 Å². The minimum Gasteiger partial charge on any atom is -0.393 e. The smallest absolute Gasteiger partial charge is 0.229 e. The van der Waals surface area contributed by atoms with Crippen LogP contribution in [0.25, 0.3) is 0 Å². The molecule has 0 amide bonds. The second kappa shape index (κ2) is 6.44. The van der Waals surface area contributed by atoms with Crippen LogP contribution in [-0.4, -0.2) is 28.5 Å². The van der Waals surface area contributed by atoms with Gasteiger partial charge >= 0.3 is 0 Å². The van der Waals surface area contributed by atoms with Crippen molar-refractivity contribution in [3.05, 3.63) is 11.7 Å². The van der Waals surface area contributed by atoms with Crippen LogP contribution in [0.5, 0.6) is 0 Å². The fourth-order valence-electron chi connectivity index (χ4n) is 3.01. The highest BCUT2D eigenvalue weighted by molar-refractivity contribution is 5.05. The molecule has 0 radical (unpaired) electrons. The zero-order valence-electron chi connectivity index (χ0n) is 13.7. The van der Waals surface area contributed by atoms with Crippen LogP contribution in [0, 0.1) is 5.41 Å². The molecule has 1 N–H and O–H groups in total. The number of aliphatic hydroxyl groups excluding tert-OH is 1. The Morgan fingerprint density at radius 2 is 1.95 bits per heavy atom. The maximum Gasteiger partial charge on any atom is 0.229 e. The molecule has 5 heteroatoms. The zero-order chi connectivity index (χ0) is 15.5. The molecule has 0 aromatic carbocycles. The van der Waals surface area contributed by atoms with Gasteiger partial charge in [0.15, 0.2) is 0 Å². The van der Waals surface area contributed by atoms with Gasteiger partial charge in [-0.05, 0) is 37.5 Å². The lowest BCUT2D eigenvalue weighted by atomic mass is 9.70. The Labute approximate surface area is 127 Å². The van der Waals surface area contributed by atoms with E-state index < -0.39 is 11.7 Å². The standard InChI is InChI=1S/C16H28N2O3/c1-5-6-12(19)11-13-17-14(18-21-13)16(20-4)9-7-15(2,3)8-10-16/h12,19H,5-11H2,1-4H3. The van der Waals surface area contributed by atoms with Crippen molar-refractivity contribution in [2.45, 2.75) is 77.4 Å². The molecule has 120 valence electrons. The molecule has 1 atom stereocenters. The van der Waals surface area contributed by atoms with E-state index in [1.165, 1.54) is 0 Å². The van der Waals surface area contributed by atoms with Crippen LogP contribution in [0.1, 0.15) is 71.0 Å². The third-order valence-corrected chi connectivity index (χ3v) is 4.71. The normalized spacial score (nSPS) is 22.1. The first-order valence-corrected chi connectivity index (χ1v) is 7.97. The Morgan fingerprint density at radius 3 is 2.52 bits per heavy atom. The van der Waals surface area contributed by atoms with E-state index in [0.717, 1.165) is 38.5 Å². The van der Waals surface area contributed by atoms with Gasteiger partial charge in [-0.2, -0.15) is 4.98 Å². The molecule has 21 heavy (non-hydrogen) atoms.